The zero-order valence-electron chi connectivity index (χ0n) is 15.4. The van der Waals surface area contributed by atoms with Gasteiger partial charge in [0.2, 0.25) is 15.9 Å². The van der Waals surface area contributed by atoms with E-state index in [1.165, 1.54) is 28.6 Å². The van der Waals surface area contributed by atoms with Crippen LogP contribution in [-0.2, 0) is 14.8 Å². The van der Waals surface area contributed by atoms with Gasteiger partial charge in [-0.3, -0.25) is 14.9 Å². The Morgan fingerprint density at radius 2 is 1.70 bits per heavy atom. The summed E-state index contributed by atoms with van der Waals surface area (Å²) >= 11 is 0. The molecule has 2 aliphatic heterocycles. The van der Waals surface area contributed by atoms with Crippen molar-refractivity contribution in [1.29, 1.82) is 0 Å². The van der Waals surface area contributed by atoms with Gasteiger partial charge in [0.15, 0.2) is 0 Å². The molecule has 148 valence electrons. The lowest BCUT2D eigenvalue weighted by Gasteiger charge is -2.38. The fraction of sp³-hybridized carbons (Fsp3) is 0.611. The highest BCUT2D eigenvalue weighted by Crippen LogP contribution is 2.28. The van der Waals surface area contributed by atoms with E-state index in [-0.39, 0.29) is 41.5 Å². The van der Waals surface area contributed by atoms with Crippen molar-refractivity contribution in [3.8, 4) is 0 Å². The number of amides is 1. The van der Waals surface area contributed by atoms with Crippen LogP contribution in [0, 0.1) is 16.0 Å². The Kier molecular flexibility index (Phi) is 5.81. The van der Waals surface area contributed by atoms with E-state index in [2.05, 4.69) is 6.92 Å². The van der Waals surface area contributed by atoms with Crippen molar-refractivity contribution in [2.75, 3.05) is 19.6 Å². The molecule has 1 amide bonds. The number of hydrogen-bond donors (Lipinski definition) is 0. The molecule has 1 aromatic carbocycles. The number of nitrogens with zero attached hydrogens (tertiary/aromatic N) is 3. The largest absolute Gasteiger partial charge is 0.340 e. The first-order chi connectivity index (χ1) is 12.8. The van der Waals surface area contributed by atoms with Gasteiger partial charge < -0.3 is 4.90 Å². The lowest BCUT2D eigenvalue weighted by atomic mass is 9.94. The molecule has 0 saturated carbocycles. The van der Waals surface area contributed by atoms with Gasteiger partial charge in [-0.2, -0.15) is 4.31 Å². The van der Waals surface area contributed by atoms with Crippen molar-refractivity contribution >= 4 is 21.6 Å². The Bertz CT molecular complexity index is 801. The minimum atomic E-state index is -3.70. The zero-order chi connectivity index (χ0) is 19.6. The summed E-state index contributed by atoms with van der Waals surface area (Å²) < 4.78 is 26.9. The molecule has 1 atom stereocenters. The van der Waals surface area contributed by atoms with Crippen LogP contribution in [0.5, 0.6) is 0 Å². The van der Waals surface area contributed by atoms with Crippen molar-refractivity contribution in [2.45, 2.75) is 50.0 Å². The van der Waals surface area contributed by atoms with Gasteiger partial charge in [0, 0.05) is 43.7 Å². The van der Waals surface area contributed by atoms with Crippen molar-refractivity contribution in [3.05, 3.63) is 34.4 Å². The molecule has 2 fully saturated rings. The van der Waals surface area contributed by atoms with Crippen LogP contribution in [0.15, 0.2) is 29.2 Å². The molecule has 0 N–H and O–H groups in total. The Hall–Kier alpha value is -2.00. The number of hydrogen-bond acceptors (Lipinski definition) is 5. The third-order valence-corrected chi connectivity index (χ3v) is 7.49. The maximum atomic E-state index is 12.8. The second-order valence-electron chi connectivity index (χ2n) is 7.31. The van der Waals surface area contributed by atoms with Gasteiger partial charge in [-0.1, -0.05) is 0 Å². The smallest absolute Gasteiger partial charge is 0.269 e. The van der Waals surface area contributed by atoms with Crippen molar-refractivity contribution in [1.82, 2.24) is 9.21 Å². The standard InChI is InChI=1S/C18H25N3O5S/c1-14-4-2-3-11-20(14)18(22)15-9-12-19(13-10-15)27(25,26)17-7-5-16(6-8-17)21(23)24/h5-8,14-15H,2-4,9-13H2,1H3. The number of carbonyl (C=O) groups is 1. The summed E-state index contributed by atoms with van der Waals surface area (Å²) in [7, 11) is -3.70. The van der Waals surface area contributed by atoms with E-state index in [4.69, 9.17) is 0 Å². The van der Waals surface area contributed by atoms with E-state index in [1.54, 1.807) is 0 Å². The van der Waals surface area contributed by atoms with Crippen LogP contribution in [0.4, 0.5) is 5.69 Å². The van der Waals surface area contributed by atoms with Crippen LogP contribution in [0.2, 0.25) is 0 Å². The number of nitro benzene ring substituents is 1. The first kappa shape index (κ1) is 19.8. The number of nitro groups is 1. The Morgan fingerprint density at radius 3 is 2.26 bits per heavy atom. The fourth-order valence-corrected chi connectivity index (χ4v) is 5.36. The summed E-state index contributed by atoms with van der Waals surface area (Å²) in [5.74, 6) is 0.0171. The van der Waals surface area contributed by atoms with Crippen molar-refractivity contribution < 1.29 is 18.1 Å². The van der Waals surface area contributed by atoms with Gasteiger partial charge in [-0.15, -0.1) is 0 Å². The molecular formula is C18H25N3O5S. The van der Waals surface area contributed by atoms with Gasteiger partial charge in [0.05, 0.1) is 9.82 Å². The first-order valence-corrected chi connectivity index (χ1v) is 10.8. The van der Waals surface area contributed by atoms with Gasteiger partial charge in [-0.25, -0.2) is 8.42 Å². The number of non-ortho nitro benzene ring substituents is 1. The normalized spacial score (nSPS) is 22.6. The average molecular weight is 395 g/mol. The molecule has 9 heteroatoms. The summed E-state index contributed by atoms with van der Waals surface area (Å²) in [6.07, 6.45) is 4.22. The van der Waals surface area contributed by atoms with E-state index >= 15 is 0 Å². The molecule has 2 saturated heterocycles. The van der Waals surface area contributed by atoms with Gasteiger partial charge in [0.1, 0.15) is 0 Å². The summed E-state index contributed by atoms with van der Waals surface area (Å²) in [6, 6.07) is 5.18. The predicted molar refractivity (Wildman–Crippen MR) is 99.6 cm³/mol. The molecule has 8 nitrogen and oxygen atoms in total. The monoisotopic (exact) mass is 395 g/mol. The lowest BCUT2D eigenvalue weighted by molar-refractivity contribution is -0.384. The fourth-order valence-electron chi connectivity index (χ4n) is 3.89. The minimum Gasteiger partial charge on any atom is -0.340 e. The molecule has 0 radical (unpaired) electrons. The molecule has 1 unspecified atom stereocenters. The number of sulfonamides is 1. The van der Waals surface area contributed by atoms with E-state index < -0.39 is 14.9 Å². The summed E-state index contributed by atoms with van der Waals surface area (Å²) in [5, 5.41) is 10.7. The minimum absolute atomic E-state index is 0.0440. The van der Waals surface area contributed by atoms with E-state index in [1.807, 2.05) is 4.90 Å². The predicted octanol–water partition coefficient (Wildman–Crippen LogP) is 2.40. The number of rotatable bonds is 4. The molecule has 27 heavy (non-hydrogen) atoms. The quantitative estimate of drug-likeness (QED) is 0.575. The van der Waals surface area contributed by atoms with Crippen LogP contribution in [0.1, 0.15) is 39.0 Å². The third-order valence-electron chi connectivity index (χ3n) is 5.57. The van der Waals surface area contributed by atoms with Crippen LogP contribution in [0.25, 0.3) is 0 Å². The second kappa shape index (κ2) is 7.93. The summed E-state index contributed by atoms with van der Waals surface area (Å²) in [4.78, 5) is 24.9. The third kappa shape index (κ3) is 4.14. The Labute approximate surface area is 159 Å². The van der Waals surface area contributed by atoms with E-state index in [0.717, 1.165) is 25.8 Å². The van der Waals surface area contributed by atoms with Crippen LogP contribution in [0.3, 0.4) is 0 Å². The zero-order valence-corrected chi connectivity index (χ0v) is 16.2. The van der Waals surface area contributed by atoms with E-state index in [0.29, 0.717) is 12.8 Å². The van der Waals surface area contributed by atoms with Crippen molar-refractivity contribution in [2.24, 2.45) is 5.92 Å². The highest BCUT2D eigenvalue weighted by Gasteiger charge is 2.35. The molecule has 3 rings (SSSR count). The number of likely N-dealkylation sites (tertiary alicyclic amines) is 1. The van der Waals surface area contributed by atoms with Crippen LogP contribution in [-0.4, -0.2) is 54.1 Å². The highest BCUT2D eigenvalue weighted by molar-refractivity contribution is 7.89. The maximum Gasteiger partial charge on any atom is 0.269 e. The molecule has 0 bridgehead atoms. The number of benzene rings is 1. The molecule has 0 aliphatic carbocycles. The Balaban J connectivity index is 1.64. The molecular weight excluding hydrogens is 370 g/mol. The molecule has 1 aromatic rings. The Morgan fingerprint density at radius 1 is 1.07 bits per heavy atom. The average Bonchev–Trinajstić information content (AvgIpc) is 2.68. The summed E-state index contributed by atoms with van der Waals surface area (Å²) in [6.45, 7) is 3.45. The highest BCUT2D eigenvalue weighted by atomic mass is 32.2. The van der Waals surface area contributed by atoms with Gasteiger partial charge in [-0.05, 0) is 51.2 Å². The topological polar surface area (TPSA) is 101 Å². The maximum absolute atomic E-state index is 12.8. The number of carbonyl (C=O) groups excluding carboxylic acids is 1. The molecule has 0 aromatic heterocycles. The molecule has 2 aliphatic rings. The SMILES string of the molecule is CC1CCCCN1C(=O)C1CCN(S(=O)(=O)c2ccc([N+](=O)[O-])cc2)CC1. The number of piperidine rings is 2. The van der Waals surface area contributed by atoms with Crippen LogP contribution < -0.4 is 0 Å². The molecule has 2 heterocycles. The molecule has 0 spiro atoms. The van der Waals surface area contributed by atoms with Crippen molar-refractivity contribution in [3.63, 3.8) is 0 Å². The summed E-state index contributed by atoms with van der Waals surface area (Å²) in [5.41, 5.74) is -0.145. The van der Waals surface area contributed by atoms with Gasteiger partial charge in [0.25, 0.3) is 5.69 Å². The van der Waals surface area contributed by atoms with Gasteiger partial charge >= 0.3 is 0 Å². The lowest BCUT2D eigenvalue weighted by Crippen LogP contribution is -2.48. The van der Waals surface area contributed by atoms with Crippen LogP contribution >= 0.6 is 0 Å². The second-order valence-corrected chi connectivity index (χ2v) is 9.24. The first-order valence-electron chi connectivity index (χ1n) is 9.36. The van der Waals surface area contributed by atoms with E-state index in [9.17, 15) is 23.3 Å².